The van der Waals surface area contributed by atoms with E-state index in [2.05, 4.69) is 74.6 Å². The number of phosphoric acid groups is 1. The van der Waals surface area contributed by atoms with Crippen molar-refractivity contribution < 1.29 is 58.3 Å². The molecule has 0 saturated heterocycles. The van der Waals surface area contributed by atoms with Gasteiger partial charge in [0.1, 0.15) is 42.7 Å². The SMILES string of the molecule is CC/C=C\C/C=C\C/C=C\C/C=C\CCCCCCCCCCCCCOCC(COP(=O)(O)OC1C(O)C(O)C(O)C(O)C1O)OC(=O)CCCCCCC/C=C\CCCCCCC. The monoisotopic (exact) mass is 941 g/mol. The van der Waals surface area contributed by atoms with Gasteiger partial charge in [-0.15, -0.1) is 0 Å². The van der Waals surface area contributed by atoms with E-state index in [9.17, 15) is 39.8 Å². The third kappa shape index (κ3) is 34.1. The fourth-order valence-electron chi connectivity index (χ4n) is 7.58. The lowest BCUT2D eigenvalue weighted by atomic mass is 9.85. The van der Waals surface area contributed by atoms with Gasteiger partial charge >= 0.3 is 13.8 Å². The second-order valence-corrected chi connectivity index (χ2v) is 19.0. The van der Waals surface area contributed by atoms with Crippen molar-refractivity contribution in [2.45, 2.75) is 243 Å². The minimum Gasteiger partial charge on any atom is -0.457 e. The number of hydrogen-bond donors (Lipinski definition) is 6. The topological polar surface area (TPSA) is 192 Å². The number of carbonyl (C=O) groups is 1. The first-order valence-corrected chi connectivity index (χ1v) is 27.1. The molecule has 0 heterocycles. The normalized spacial score (nSPS) is 22.0. The van der Waals surface area contributed by atoms with Crippen molar-refractivity contribution in [1.82, 2.24) is 0 Å². The second-order valence-electron chi connectivity index (χ2n) is 17.6. The van der Waals surface area contributed by atoms with Gasteiger partial charge in [0.05, 0.1) is 13.2 Å². The molecule has 0 aromatic rings. The molecule has 0 aromatic heterocycles. The Bertz CT molecular complexity index is 1300. The van der Waals surface area contributed by atoms with Crippen LogP contribution in [0.5, 0.6) is 0 Å². The summed E-state index contributed by atoms with van der Waals surface area (Å²) in [4.78, 5) is 23.2. The van der Waals surface area contributed by atoms with E-state index < -0.39 is 63.1 Å². The molecule has 1 aliphatic carbocycles. The van der Waals surface area contributed by atoms with Crippen LogP contribution in [0.2, 0.25) is 0 Å². The van der Waals surface area contributed by atoms with Crippen molar-refractivity contribution in [3.63, 3.8) is 0 Å². The average Bonchev–Trinajstić information content (AvgIpc) is 3.29. The number of unbranched alkanes of at least 4 members (excludes halogenated alkanes) is 21. The van der Waals surface area contributed by atoms with E-state index in [1.54, 1.807) is 0 Å². The number of carbonyl (C=O) groups excluding carboxylic acids is 1. The van der Waals surface area contributed by atoms with Crippen LogP contribution in [-0.2, 0) is 27.9 Å². The third-order valence-electron chi connectivity index (χ3n) is 11.6. The minimum atomic E-state index is -5.03. The fraction of sp³-hybridized carbons (Fsp3) is 0.788. The highest BCUT2D eigenvalue weighted by Gasteiger charge is 2.51. The molecule has 0 spiro atoms. The third-order valence-corrected chi connectivity index (χ3v) is 12.6. The van der Waals surface area contributed by atoms with Crippen LogP contribution in [0, 0.1) is 0 Å². The zero-order valence-electron chi connectivity index (χ0n) is 40.5. The number of rotatable bonds is 43. The lowest BCUT2D eigenvalue weighted by molar-refractivity contribution is -0.220. The van der Waals surface area contributed by atoms with Gasteiger partial charge in [0.25, 0.3) is 0 Å². The molecule has 1 saturated carbocycles. The van der Waals surface area contributed by atoms with Crippen LogP contribution in [0.1, 0.15) is 200 Å². The quantitative estimate of drug-likeness (QED) is 0.0147. The average molecular weight is 941 g/mol. The Hall–Kier alpha value is -1.96. The van der Waals surface area contributed by atoms with Crippen LogP contribution in [0.3, 0.4) is 0 Å². The molecule has 12 nitrogen and oxygen atoms in total. The van der Waals surface area contributed by atoms with E-state index in [-0.39, 0.29) is 13.0 Å². The van der Waals surface area contributed by atoms with Gasteiger partial charge in [-0.2, -0.15) is 0 Å². The molecule has 0 radical (unpaired) electrons. The van der Waals surface area contributed by atoms with Crippen LogP contribution < -0.4 is 0 Å². The van der Waals surface area contributed by atoms with Crippen LogP contribution in [0.4, 0.5) is 0 Å². The van der Waals surface area contributed by atoms with Crippen molar-refractivity contribution in [1.29, 1.82) is 0 Å². The molecule has 6 N–H and O–H groups in total. The minimum absolute atomic E-state index is 0.0836. The lowest BCUT2D eigenvalue weighted by Crippen LogP contribution is -2.64. The van der Waals surface area contributed by atoms with Crippen molar-refractivity contribution in [3.05, 3.63) is 60.8 Å². The summed E-state index contributed by atoms with van der Waals surface area (Å²) in [5, 5.41) is 50.3. The number of aliphatic hydroxyl groups is 5. The maximum atomic E-state index is 12.8. The standard InChI is InChI=1S/C52H93O12P/c1-3-5-7-9-11-13-15-17-19-20-21-22-23-24-25-26-27-28-30-32-34-36-38-40-42-61-43-45(44-62-65(59,60)64-52-50(57)48(55)47(54)49(56)51(52)58)63-46(53)41-39-37-35-33-31-29-18-16-14-12-10-8-6-4-2/h5,7,11,13,16-19,21-22,45,47-52,54-58H,3-4,6,8-10,12,14-15,20,23-44H2,1-2H3,(H,59,60)/b7-5-,13-11-,18-16-,19-17-,22-21-. The molecule has 378 valence electrons. The van der Waals surface area contributed by atoms with Gasteiger partial charge in [0, 0.05) is 13.0 Å². The van der Waals surface area contributed by atoms with Crippen LogP contribution in [0.25, 0.3) is 0 Å². The Morgan fingerprint density at radius 3 is 1.40 bits per heavy atom. The predicted octanol–water partition coefficient (Wildman–Crippen LogP) is 11.4. The first kappa shape index (κ1) is 61.1. The molecule has 6 atom stereocenters. The van der Waals surface area contributed by atoms with Gasteiger partial charge in [0.2, 0.25) is 0 Å². The summed E-state index contributed by atoms with van der Waals surface area (Å²) in [7, 11) is -5.03. The largest absolute Gasteiger partial charge is 0.472 e. The molecular formula is C52H93O12P. The molecular weight excluding hydrogens is 848 g/mol. The number of esters is 1. The zero-order valence-corrected chi connectivity index (χ0v) is 41.4. The van der Waals surface area contributed by atoms with Gasteiger partial charge in [-0.3, -0.25) is 13.8 Å². The first-order chi connectivity index (χ1) is 31.5. The molecule has 6 unspecified atom stereocenters. The molecule has 0 aromatic carbocycles. The number of aliphatic hydroxyl groups excluding tert-OH is 5. The molecule has 65 heavy (non-hydrogen) atoms. The molecule has 13 heteroatoms. The van der Waals surface area contributed by atoms with Gasteiger partial charge in [0.15, 0.2) is 0 Å². The molecule has 1 aliphatic rings. The van der Waals surface area contributed by atoms with Crippen molar-refractivity contribution in [3.8, 4) is 0 Å². The first-order valence-electron chi connectivity index (χ1n) is 25.6. The number of hydrogen-bond acceptors (Lipinski definition) is 11. The van der Waals surface area contributed by atoms with E-state index in [1.807, 2.05) is 0 Å². The lowest BCUT2D eigenvalue weighted by Gasteiger charge is -2.41. The summed E-state index contributed by atoms with van der Waals surface area (Å²) in [6, 6.07) is 0. The summed E-state index contributed by atoms with van der Waals surface area (Å²) in [5.41, 5.74) is 0. The highest BCUT2D eigenvalue weighted by molar-refractivity contribution is 7.47. The Balaban J connectivity index is 2.31. The molecule has 1 fully saturated rings. The number of phosphoric ester groups is 1. The summed E-state index contributed by atoms with van der Waals surface area (Å²) in [6.45, 7) is 4.13. The highest BCUT2D eigenvalue weighted by Crippen LogP contribution is 2.47. The maximum Gasteiger partial charge on any atom is 0.472 e. The molecule has 0 amide bonds. The van der Waals surface area contributed by atoms with Crippen molar-refractivity contribution >= 4 is 13.8 Å². The smallest absolute Gasteiger partial charge is 0.457 e. The maximum absolute atomic E-state index is 12.8. The molecule has 0 aliphatic heterocycles. The van der Waals surface area contributed by atoms with E-state index in [1.165, 1.54) is 83.5 Å². The van der Waals surface area contributed by atoms with Crippen LogP contribution in [0.15, 0.2) is 60.8 Å². The zero-order chi connectivity index (χ0) is 47.6. The van der Waals surface area contributed by atoms with Gasteiger partial charge in [-0.05, 0) is 77.0 Å². The summed E-state index contributed by atoms with van der Waals surface area (Å²) < 4.78 is 34.3. The van der Waals surface area contributed by atoms with Gasteiger partial charge in [-0.25, -0.2) is 4.57 Å². The Kier molecular flexibility index (Phi) is 39.6. The van der Waals surface area contributed by atoms with Crippen LogP contribution >= 0.6 is 7.82 Å². The summed E-state index contributed by atoms with van der Waals surface area (Å²) in [6.07, 6.45) is 41.5. The molecule has 0 bridgehead atoms. The van der Waals surface area contributed by atoms with Gasteiger partial charge < -0.3 is 39.9 Å². The number of ether oxygens (including phenoxy) is 2. The Morgan fingerprint density at radius 2 is 0.908 bits per heavy atom. The van der Waals surface area contributed by atoms with Crippen molar-refractivity contribution in [2.75, 3.05) is 19.8 Å². The van der Waals surface area contributed by atoms with E-state index in [0.717, 1.165) is 89.9 Å². The predicted molar refractivity (Wildman–Crippen MR) is 262 cm³/mol. The van der Waals surface area contributed by atoms with E-state index in [0.29, 0.717) is 13.0 Å². The summed E-state index contributed by atoms with van der Waals surface area (Å²) in [5.74, 6) is -0.488. The van der Waals surface area contributed by atoms with E-state index in [4.69, 9.17) is 18.5 Å². The summed E-state index contributed by atoms with van der Waals surface area (Å²) >= 11 is 0. The highest BCUT2D eigenvalue weighted by atomic mass is 31.2. The second kappa shape index (κ2) is 42.2. The van der Waals surface area contributed by atoms with Crippen molar-refractivity contribution in [2.24, 2.45) is 0 Å². The van der Waals surface area contributed by atoms with Crippen LogP contribution in [-0.4, -0.2) is 98.9 Å². The number of allylic oxidation sites excluding steroid dienone is 10. The Morgan fingerprint density at radius 1 is 0.508 bits per heavy atom. The molecule has 1 rings (SSSR count). The Labute approximate surface area is 394 Å². The fourth-order valence-corrected chi connectivity index (χ4v) is 8.55. The van der Waals surface area contributed by atoms with Gasteiger partial charge in [-0.1, -0.05) is 177 Å². The van der Waals surface area contributed by atoms with E-state index >= 15 is 0 Å².